The van der Waals surface area contributed by atoms with Crippen LogP contribution in [0.2, 0.25) is 0 Å². The minimum Gasteiger partial charge on any atom is -0.390 e. The molecule has 2 fully saturated rings. The molecule has 2 saturated carbocycles. The third kappa shape index (κ3) is 1.96. The minimum atomic E-state index is -0.267. The van der Waals surface area contributed by atoms with Crippen LogP contribution in [0.1, 0.15) is 52.4 Å². The smallest absolute Gasteiger partial charge is 0.0852 e. The number of ether oxygens (including phenoxy) is 1. The van der Waals surface area contributed by atoms with E-state index >= 15 is 0 Å². The monoisotopic (exact) mass is 198 g/mol. The Hall–Kier alpha value is -0.0800. The first-order chi connectivity index (χ1) is 6.59. The van der Waals surface area contributed by atoms with Gasteiger partial charge in [0.05, 0.1) is 18.3 Å². The van der Waals surface area contributed by atoms with Crippen LogP contribution in [0, 0.1) is 5.41 Å². The van der Waals surface area contributed by atoms with Gasteiger partial charge in [-0.1, -0.05) is 20.3 Å². The first-order valence-electron chi connectivity index (χ1n) is 5.93. The van der Waals surface area contributed by atoms with Crippen molar-refractivity contribution in [2.24, 2.45) is 5.41 Å². The summed E-state index contributed by atoms with van der Waals surface area (Å²) in [6.07, 6.45) is 7.34. The quantitative estimate of drug-likeness (QED) is 0.738. The Bertz CT molecular complexity index is 196. The van der Waals surface area contributed by atoms with Crippen molar-refractivity contribution in [3.8, 4) is 0 Å². The van der Waals surface area contributed by atoms with Gasteiger partial charge in [-0.15, -0.1) is 0 Å². The van der Waals surface area contributed by atoms with E-state index in [0.29, 0.717) is 6.10 Å². The van der Waals surface area contributed by atoms with Gasteiger partial charge in [0.15, 0.2) is 0 Å². The van der Waals surface area contributed by atoms with E-state index < -0.39 is 0 Å². The molecule has 2 nitrogen and oxygen atoms in total. The number of hydrogen-bond donors (Lipinski definition) is 1. The zero-order chi connectivity index (χ0) is 10.2. The van der Waals surface area contributed by atoms with Gasteiger partial charge < -0.3 is 9.84 Å². The van der Waals surface area contributed by atoms with Crippen LogP contribution in [0.3, 0.4) is 0 Å². The second kappa shape index (κ2) is 3.82. The molecule has 0 bridgehead atoms. The Kier molecular flexibility index (Phi) is 2.85. The second-order valence-electron chi connectivity index (χ2n) is 5.55. The van der Waals surface area contributed by atoms with Crippen molar-refractivity contribution in [3.05, 3.63) is 0 Å². The van der Waals surface area contributed by atoms with E-state index in [1.807, 2.05) is 0 Å². The average molecular weight is 198 g/mol. The molecule has 0 amide bonds. The lowest BCUT2D eigenvalue weighted by Crippen LogP contribution is -2.46. The summed E-state index contributed by atoms with van der Waals surface area (Å²) >= 11 is 0. The fourth-order valence-electron chi connectivity index (χ4n) is 2.46. The molecule has 0 spiro atoms. The van der Waals surface area contributed by atoms with Crippen molar-refractivity contribution in [1.82, 2.24) is 0 Å². The standard InChI is InChI=1S/C12H22O2/c1-12(2)8-4-7-10(11(12)13)14-9-5-3-6-9/h9-11,13H,3-8H2,1-2H3. The van der Waals surface area contributed by atoms with Crippen LogP contribution in [-0.2, 0) is 4.74 Å². The average Bonchev–Trinajstić information content (AvgIpc) is 2.04. The summed E-state index contributed by atoms with van der Waals surface area (Å²) in [5.74, 6) is 0. The molecule has 2 aliphatic rings. The first kappa shape index (κ1) is 10.4. The van der Waals surface area contributed by atoms with Crippen molar-refractivity contribution in [3.63, 3.8) is 0 Å². The fraction of sp³-hybridized carbons (Fsp3) is 1.00. The van der Waals surface area contributed by atoms with Crippen LogP contribution < -0.4 is 0 Å². The lowest BCUT2D eigenvalue weighted by molar-refractivity contribution is -0.151. The van der Waals surface area contributed by atoms with Crippen molar-refractivity contribution in [2.45, 2.75) is 70.7 Å². The van der Waals surface area contributed by atoms with Gasteiger partial charge in [0.1, 0.15) is 0 Å². The van der Waals surface area contributed by atoms with Gasteiger partial charge in [-0.3, -0.25) is 0 Å². The molecule has 2 aliphatic carbocycles. The van der Waals surface area contributed by atoms with Crippen molar-refractivity contribution < 1.29 is 9.84 Å². The molecule has 1 N–H and O–H groups in total. The molecule has 0 aromatic heterocycles. The highest BCUT2D eigenvalue weighted by Crippen LogP contribution is 2.38. The summed E-state index contributed by atoms with van der Waals surface area (Å²) in [6.45, 7) is 4.29. The Balaban J connectivity index is 1.90. The van der Waals surface area contributed by atoms with Gasteiger partial charge in [0.2, 0.25) is 0 Å². The molecule has 14 heavy (non-hydrogen) atoms. The molecule has 0 heterocycles. The highest BCUT2D eigenvalue weighted by atomic mass is 16.5. The molecule has 0 aromatic rings. The van der Waals surface area contributed by atoms with Gasteiger partial charge in [0.25, 0.3) is 0 Å². The van der Waals surface area contributed by atoms with Gasteiger partial charge in [-0.25, -0.2) is 0 Å². The van der Waals surface area contributed by atoms with E-state index in [0.717, 1.165) is 12.8 Å². The van der Waals surface area contributed by atoms with Crippen LogP contribution in [0.4, 0.5) is 0 Å². The molecular formula is C12H22O2. The van der Waals surface area contributed by atoms with Crippen LogP contribution in [-0.4, -0.2) is 23.4 Å². The molecule has 0 aliphatic heterocycles. The third-order valence-corrected chi connectivity index (χ3v) is 3.88. The van der Waals surface area contributed by atoms with E-state index in [2.05, 4.69) is 13.8 Å². The molecule has 82 valence electrons. The van der Waals surface area contributed by atoms with Crippen LogP contribution in [0.5, 0.6) is 0 Å². The van der Waals surface area contributed by atoms with Crippen molar-refractivity contribution in [2.75, 3.05) is 0 Å². The van der Waals surface area contributed by atoms with E-state index in [1.165, 1.54) is 25.7 Å². The van der Waals surface area contributed by atoms with Gasteiger partial charge in [-0.05, 0) is 37.5 Å². The lowest BCUT2D eigenvalue weighted by Gasteiger charge is -2.43. The van der Waals surface area contributed by atoms with E-state index in [1.54, 1.807) is 0 Å². The molecule has 2 heteroatoms. The fourth-order valence-corrected chi connectivity index (χ4v) is 2.46. The van der Waals surface area contributed by atoms with Crippen LogP contribution in [0.15, 0.2) is 0 Å². The van der Waals surface area contributed by atoms with Crippen molar-refractivity contribution >= 4 is 0 Å². The van der Waals surface area contributed by atoms with Crippen LogP contribution in [0.25, 0.3) is 0 Å². The maximum absolute atomic E-state index is 10.1. The summed E-state index contributed by atoms with van der Waals surface area (Å²) in [5, 5.41) is 10.1. The summed E-state index contributed by atoms with van der Waals surface area (Å²) < 4.78 is 5.93. The van der Waals surface area contributed by atoms with Gasteiger partial charge in [0, 0.05) is 0 Å². The molecule has 0 aromatic carbocycles. The number of hydrogen-bond acceptors (Lipinski definition) is 2. The summed E-state index contributed by atoms with van der Waals surface area (Å²) in [4.78, 5) is 0. The molecule has 2 rings (SSSR count). The predicted octanol–water partition coefficient (Wildman–Crippen LogP) is 2.50. The highest BCUT2D eigenvalue weighted by molar-refractivity contribution is 4.90. The Morgan fingerprint density at radius 1 is 1.14 bits per heavy atom. The second-order valence-corrected chi connectivity index (χ2v) is 5.55. The Labute approximate surface area is 86.6 Å². The van der Waals surface area contributed by atoms with E-state index in [4.69, 9.17) is 4.74 Å². The zero-order valence-corrected chi connectivity index (χ0v) is 9.33. The predicted molar refractivity (Wildman–Crippen MR) is 56.2 cm³/mol. The highest BCUT2D eigenvalue weighted by Gasteiger charge is 2.39. The minimum absolute atomic E-state index is 0.0483. The number of rotatable bonds is 2. The molecule has 2 unspecified atom stereocenters. The zero-order valence-electron chi connectivity index (χ0n) is 9.33. The summed E-state index contributed by atoms with van der Waals surface area (Å²) in [6, 6.07) is 0. The van der Waals surface area contributed by atoms with Crippen molar-refractivity contribution in [1.29, 1.82) is 0 Å². The van der Waals surface area contributed by atoms with Gasteiger partial charge >= 0.3 is 0 Å². The summed E-state index contributed by atoms with van der Waals surface area (Å²) in [5.41, 5.74) is 0.0483. The number of aliphatic hydroxyl groups is 1. The van der Waals surface area contributed by atoms with E-state index in [9.17, 15) is 5.11 Å². The number of aliphatic hydroxyl groups excluding tert-OH is 1. The van der Waals surface area contributed by atoms with Gasteiger partial charge in [-0.2, -0.15) is 0 Å². The largest absolute Gasteiger partial charge is 0.390 e. The molecule has 0 saturated heterocycles. The van der Waals surface area contributed by atoms with Crippen LogP contribution >= 0.6 is 0 Å². The SMILES string of the molecule is CC1(C)CCCC(OC2CCC2)C1O. The van der Waals surface area contributed by atoms with E-state index in [-0.39, 0.29) is 17.6 Å². The Morgan fingerprint density at radius 3 is 2.43 bits per heavy atom. The normalized spacial score (nSPS) is 37.9. The molecule has 0 radical (unpaired) electrons. The lowest BCUT2D eigenvalue weighted by atomic mass is 9.73. The first-order valence-corrected chi connectivity index (χ1v) is 5.93. The summed E-state index contributed by atoms with van der Waals surface area (Å²) in [7, 11) is 0. The third-order valence-electron chi connectivity index (χ3n) is 3.88. The molecular weight excluding hydrogens is 176 g/mol. The Morgan fingerprint density at radius 2 is 1.86 bits per heavy atom. The maximum Gasteiger partial charge on any atom is 0.0852 e. The molecule has 2 atom stereocenters. The topological polar surface area (TPSA) is 29.5 Å². The maximum atomic E-state index is 10.1.